The van der Waals surface area contributed by atoms with Gasteiger partial charge in [-0.2, -0.15) is 0 Å². The predicted octanol–water partition coefficient (Wildman–Crippen LogP) is 2.58. The van der Waals surface area contributed by atoms with Crippen molar-refractivity contribution in [3.05, 3.63) is 17.3 Å². The molecule has 0 saturated carbocycles. The van der Waals surface area contributed by atoms with Crippen LogP contribution in [0.15, 0.2) is 4.42 Å². The monoisotopic (exact) mass is 333 g/mol. The number of likely N-dealkylation sites (tertiary alicyclic amines) is 2. The van der Waals surface area contributed by atoms with E-state index in [9.17, 15) is 9.59 Å². The zero-order valence-corrected chi connectivity index (χ0v) is 14.9. The summed E-state index contributed by atoms with van der Waals surface area (Å²) in [6.45, 7) is 8.78. The summed E-state index contributed by atoms with van der Waals surface area (Å²) in [7, 11) is 0. The maximum Gasteiger partial charge on any atom is 0.276 e. The van der Waals surface area contributed by atoms with E-state index >= 15 is 0 Å². The number of hydrogen-bond donors (Lipinski definition) is 0. The topological polar surface area (TPSA) is 66.7 Å². The van der Waals surface area contributed by atoms with E-state index in [2.05, 4.69) is 4.98 Å². The standard InChI is InChI=1S/C18H27N3O3/c1-12(2)17(22)21-10-6-14(7-11-21)16-19-15(13(3)24-16)18(23)20-8-4-5-9-20/h12,14H,4-11H2,1-3H3. The summed E-state index contributed by atoms with van der Waals surface area (Å²) in [5.41, 5.74) is 0.465. The summed E-state index contributed by atoms with van der Waals surface area (Å²) < 4.78 is 5.82. The van der Waals surface area contributed by atoms with Crippen molar-refractivity contribution in [3.8, 4) is 0 Å². The zero-order chi connectivity index (χ0) is 17.3. The highest BCUT2D eigenvalue weighted by molar-refractivity contribution is 5.93. The summed E-state index contributed by atoms with van der Waals surface area (Å²) in [5, 5.41) is 0. The molecule has 0 radical (unpaired) electrons. The molecule has 0 spiro atoms. The van der Waals surface area contributed by atoms with Gasteiger partial charge in [-0.15, -0.1) is 0 Å². The van der Waals surface area contributed by atoms with Crippen LogP contribution in [-0.4, -0.2) is 52.8 Å². The van der Waals surface area contributed by atoms with Gasteiger partial charge >= 0.3 is 0 Å². The van der Waals surface area contributed by atoms with Crippen molar-refractivity contribution in [3.63, 3.8) is 0 Å². The maximum atomic E-state index is 12.5. The second kappa shape index (κ2) is 6.95. The fourth-order valence-corrected chi connectivity index (χ4v) is 3.57. The summed E-state index contributed by atoms with van der Waals surface area (Å²) in [6, 6.07) is 0. The molecule has 0 bridgehead atoms. The highest BCUT2D eigenvalue weighted by atomic mass is 16.4. The minimum Gasteiger partial charge on any atom is -0.445 e. The SMILES string of the molecule is Cc1oc(C2CCN(C(=O)C(C)C)CC2)nc1C(=O)N1CCCC1. The van der Waals surface area contributed by atoms with Crippen LogP contribution in [0.3, 0.4) is 0 Å². The Morgan fingerprint density at radius 2 is 1.71 bits per heavy atom. The third kappa shape index (κ3) is 3.32. The Morgan fingerprint density at radius 3 is 2.29 bits per heavy atom. The van der Waals surface area contributed by atoms with Gasteiger partial charge in [0.2, 0.25) is 5.91 Å². The molecule has 24 heavy (non-hydrogen) atoms. The van der Waals surface area contributed by atoms with E-state index in [4.69, 9.17) is 4.42 Å². The lowest BCUT2D eigenvalue weighted by Crippen LogP contribution is -2.40. The Morgan fingerprint density at radius 1 is 1.08 bits per heavy atom. The lowest BCUT2D eigenvalue weighted by atomic mass is 9.96. The zero-order valence-electron chi connectivity index (χ0n) is 14.9. The van der Waals surface area contributed by atoms with Gasteiger partial charge in [0.15, 0.2) is 11.6 Å². The molecule has 2 aliphatic rings. The van der Waals surface area contributed by atoms with Gasteiger partial charge in [-0.25, -0.2) is 4.98 Å². The number of rotatable bonds is 3. The molecule has 3 rings (SSSR count). The average Bonchev–Trinajstić information content (AvgIpc) is 3.23. The highest BCUT2D eigenvalue weighted by Crippen LogP contribution is 2.30. The Labute approximate surface area is 143 Å². The van der Waals surface area contributed by atoms with Crippen molar-refractivity contribution in [2.75, 3.05) is 26.2 Å². The minimum absolute atomic E-state index is 0.00702. The van der Waals surface area contributed by atoms with Crippen LogP contribution in [0.1, 0.15) is 67.6 Å². The largest absolute Gasteiger partial charge is 0.445 e. The quantitative estimate of drug-likeness (QED) is 0.853. The molecule has 0 atom stereocenters. The predicted molar refractivity (Wildman–Crippen MR) is 89.8 cm³/mol. The Kier molecular flexibility index (Phi) is 4.92. The average molecular weight is 333 g/mol. The maximum absolute atomic E-state index is 12.5. The van der Waals surface area contributed by atoms with Gasteiger partial charge < -0.3 is 14.2 Å². The number of hydrogen-bond acceptors (Lipinski definition) is 4. The first kappa shape index (κ1) is 17.0. The second-order valence-corrected chi connectivity index (χ2v) is 7.21. The number of aromatic nitrogens is 1. The van der Waals surface area contributed by atoms with E-state index in [-0.39, 0.29) is 23.7 Å². The van der Waals surface area contributed by atoms with Crippen molar-refractivity contribution in [2.45, 2.75) is 52.4 Å². The fraction of sp³-hybridized carbons (Fsp3) is 0.722. The summed E-state index contributed by atoms with van der Waals surface area (Å²) in [5.74, 6) is 1.71. The first-order chi connectivity index (χ1) is 11.5. The van der Waals surface area contributed by atoms with E-state index in [1.54, 1.807) is 0 Å². The van der Waals surface area contributed by atoms with E-state index in [0.29, 0.717) is 17.3 Å². The smallest absolute Gasteiger partial charge is 0.276 e. The van der Waals surface area contributed by atoms with E-state index in [0.717, 1.165) is 51.9 Å². The molecule has 2 saturated heterocycles. The van der Waals surface area contributed by atoms with Gasteiger partial charge in [-0.05, 0) is 32.6 Å². The van der Waals surface area contributed by atoms with Crippen LogP contribution in [0.2, 0.25) is 0 Å². The second-order valence-electron chi connectivity index (χ2n) is 7.21. The van der Waals surface area contributed by atoms with Crippen LogP contribution in [0, 0.1) is 12.8 Å². The number of carbonyl (C=O) groups excluding carboxylic acids is 2. The van der Waals surface area contributed by atoms with E-state index in [1.165, 1.54) is 0 Å². The number of amides is 2. The molecule has 1 aromatic heterocycles. The van der Waals surface area contributed by atoms with Gasteiger partial charge in [0.05, 0.1) is 0 Å². The molecule has 0 N–H and O–H groups in total. The molecule has 0 aromatic carbocycles. The lowest BCUT2D eigenvalue weighted by Gasteiger charge is -2.31. The molecule has 2 aliphatic heterocycles. The molecule has 132 valence electrons. The number of nitrogens with zero attached hydrogens (tertiary/aromatic N) is 3. The summed E-state index contributed by atoms with van der Waals surface area (Å²) in [6.07, 6.45) is 3.82. The number of piperidine rings is 1. The van der Waals surface area contributed by atoms with Crippen LogP contribution < -0.4 is 0 Å². The van der Waals surface area contributed by atoms with Crippen LogP contribution in [-0.2, 0) is 4.79 Å². The summed E-state index contributed by atoms with van der Waals surface area (Å²) in [4.78, 5) is 32.9. The van der Waals surface area contributed by atoms with Crippen LogP contribution in [0.25, 0.3) is 0 Å². The molecular formula is C18H27N3O3. The van der Waals surface area contributed by atoms with Gasteiger partial charge in [0.1, 0.15) is 5.76 Å². The first-order valence-corrected chi connectivity index (χ1v) is 9.02. The van der Waals surface area contributed by atoms with Crippen LogP contribution >= 0.6 is 0 Å². The molecule has 0 aliphatic carbocycles. The normalized spacial score (nSPS) is 19.3. The third-order valence-electron chi connectivity index (χ3n) is 5.06. The number of oxazole rings is 1. The van der Waals surface area contributed by atoms with Gasteiger partial charge in [0, 0.05) is 38.0 Å². The van der Waals surface area contributed by atoms with Gasteiger partial charge in [-0.1, -0.05) is 13.8 Å². The molecule has 6 nitrogen and oxygen atoms in total. The minimum atomic E-state index is -0.00702. The molecular weight excluding hydrogens is 306 g/mol. The van der Waals surface area contributed by atoms with E-state index < -0.39 is 0 Å². The lowest BCUT2D eigenvalue weighted by molar-refractivity contribution is -0.135. The van der Waals surface area contributed by atoms with Crippen molar-refractivity contribution < 1.29 is 14.0 Å². The third-order valence-corrected chi connectivity index (χ3v) is 5.06. The number of aryl methyl sites for hydroxylation is 1. The molecule has 2 fully saturated rings. The van der Waals surface area contributed by atoms with Crippen molar-refractivity contribution >= 4 is 11.8 Å². The highest BCUT2D eigenvalue weighted by Gasteiger charge is 2.30. The first-order valence-electron chi connectivity index (χ1n) is 9.02. The van der Waals surface area contributed by atoms with Crippen molar-refractivity contribution in [2.24, 2.45) is 5.92 Å². The Bertz CT molecular complexity index is 609. The summed E-state index contributed by atoms with van der Waals surface area (Å²) >= 11 is 0. The van der Waals surface area contributed by atoms with Gasteiger partial charge in [-0.3, -0.25) is 9.59 Å². The molecule has 3 heterocycles. The molecule has 2 amide bonds. The Hall–Kier alpha value is -1.85. The van der Waals surface area contributed by atoms with E-state index in [1.807, 2.05) is 30.6 Å². The van der Waals surface area contributed by atoms with Crippen molar-refractivity contribution in [1.82, 2.24) is 14.8 Å². The van der Waals surface area contributed by atoms with Crippen LogP contribution in [0.5, 0.6) is 0 Å². The van der Waals surface area contributed by atoms with Crippen molar-refractivity contribution in [1.29, 1.82) is 0 Å². The molecule has 6 heteroatoms. The van der Waals surface area contributed by atoms with Crippen LogP contribution in [0.4, 0.5) is 0 Å². The molecule has 1 aromatic rings. The number of carbonyl (C=O) groups is 2. The van der Waals surface area contributed by atoms with Gasteiger partial charge in [0.25, 0.3) is 5.91 Å². The molecule has 0 unspecified atom stereocenters. The fourth-order valence-electron chi connectivity index (χ4n) is 3.57. The Balaban J connectivity index is 1.65.